The minimum absolute atomic E-state index is 0.120. The molecule has 0 saturated heterocycles. The summed E-state index contributed by atoms with van der Waals surface area (Å²) in [7, 11) is 0. The molecule has 0 amide bonds. The summed E-state index contributed by atoms with van der Waals surface area (Å²) in [4.78, 5) is 0. The van der Waals surface area contributed by atoms with E-state index in [2.05, 4.69) is 47.8 Å². The molecule has 1 fully saturated rings. The third-order valence-electron chi connectivity index (χ3n) is 4.21. The van der Waals surface area contributed by atoms with Crippen LogP contribution in [0.3, 0.4) is 0 Å². The maximum atomic E-state index is 9.02. The summed E-state index contributed by atoms with van der Waals surface area (Å²) in [5.74, 6) is 0.727. The van der Waals surface area contributed by atoms with Crippen molar-refractivity contribution in [3.05, 3.63) is 71.3 Å². The topological polar surface area (TPSA) is 32.3 Å². The monoisotopic (exact) mass is 267 g/mol. The van der Waals surface area contributed by atoms with Crippen molar-refractivity contribution < 1.29 is 5.11 Å². The van der Waals surface area contributed by atoms with Crippen LogP contribution in [0.2, 0.25) is 0 Å². The van der Waals surface area contributed by atoms with Gasteiger partial charge in [-0.1, -0.05) is 54.6 Å². The number of hydrogen-bond acceptors (Lipinski definition) is 2. The third-order valence-corrected chi connectivity index (χ3v) is 4.21. The predicted octanol–water partition coefficient (Wildman–Crippen LogP) is 3.21. The number of hydrogen-bond donors (Lipinski definition) is 2. The van der Waals surface area contributed by atoms with Crippen LogP contribution in [0.15, 0.2) is 54.6 Å². The van der Waals surface area contributed by atoms with Gasteiger partial charge in [-0.2, -0.15) is 0 Å². The maximum absolute atomic E-state index is 9.02. The van der Waals surface area contributed by atoms with Gasteiger partial charge in [0.25, 0.3) is 0 Å². The molecule has 0 aromatic heterocycles. The second-order valence-electron chi connectivity index (χ2n) is 5.63. The fourth-order valence-electron chi connectivity index (χ4n) is 2.81. The normalized spacial score (nSPS) is 21.4. The van der Waals surface area contributed by atoms with Crippen LogP contribution in [-0.2, 0) is 13.2 Å². The van der Waals surface area contributed by atoms with Crippen LogP contribution >= 0.6 is 0 Å². The molecule has 2 aromatic rings. The molecule has 2 heteroatoms. The molecule has 1 aliphatic carbocycles. The highest BCUT2D eigenvalue weighted by Gasteiger charge is 2.29. The number of nitrogens with one attached hydrogen (secondary N) is 1. The first-order valence-electron chi connectivity index (χ1n) is 7.32. The molecule has 2 N–H and O–H groups in total. The predicted molar refractivity (Wildman–Crippen MR) is 81.4 cm³/mol. The molecule has 20 heavy (non-hydrogen) atoms. The van der Waals surface area contributed by atoms with Gasteiger partial charge in [-0.05, 0) is 35.4 Å². The smallest absolute Gasteiger partial charge is 0.0681 e. The van der Waals surface area contributed by atoms with Crippen molar-refractivity contribution in [3.63, 3.8) is 0 Å². The van der Waals surface area contributed by atoms with Gasteiger partial charge in [0.2, 0.25) is 0 Å². The summed E-state index contributed by atoms with van der Waals surface area (Å²) in [5.41, 5.74) is 3.73. The zero-order chi connectivity index (χ0) is 13.8. The lowest BCUT2D eigenvalue weighted by atomic mass is 9.76. The standard InChI is InChI=1S/C18H21NO/c20-13-15-8-6-14(7-9-15)12-19-18-10-17(11-18)16-4-2-1-3-5-16/h1-9,17-20H,10-13H2. The lowest BCUT2D eigenvalue weighted by Crippen LogP contribution is -2.39. The molecule has 1 saturated carbocycles. The van der Waals surface area contributed by atoms with E-state index in [1.54, 1.807) is 0 Å². The summed E-state index contributed by atoms with van der Waals surface area (Å²) in [5, 5.41) is 12.6. The summed E-state index contributed by atoms with van der Waals surface area (Å²) in [6.07, 6.45) is 2.47. The second kappa shape index (κ2) is 6.21. The first kappa shape index (κ1) is 13.3. The molecule has 0 aliphatic heterocycles. The van der Waals surface area contributed by atoms with Gasteiger partial charge in [0, 0.05) is 12.6 Å². The maximum Gasteiger partial charge on any atom is 0.0681 e. The van der Waals surface area contributed by atoms with Crippen molar-refractivity contribution in [2.45, 2.75) is 38.0 Å². The van der Waals surface area contributed by atoms with Crippen molar-refractivity contribution in [1.29, 1.82) is 0 Å². The van der Waals surface area contributed by atoms with Crippen LogP contribution in [0.1, 0.15) is 35.4 Å². The molecule has 0 atom stereocenters. The Hall–Kier alpha value is -1.64. The third kappa shape index (κ3) is 3.09. The highest BCUT2D eigenvalue weighted by Crippen LogP contribution is 2.36. The number of benzene rings is 2. The highest BCUT2D eigenvalue weighted by atomic mass is 16.3. The lowest BCUT2D eigenvalue weighted by Gasteiger charge is -2.36. The summed E-state index contributed by atoms with van der Waals surface area (Å²) in [6.45, 7) is 1.03. The quantitative estimate of drug-likeness (QED) is 0.872. The lowest BCUT2D eigenvalue weighted by molar-refractivity contribution is 0.281. The Bertz CT molecular complexity index is 529. The molecule has 1 aliphatic rings. The van der Waals surface area contributed by atoms with Crippen LogP contribution < -0.4 is 5.32 Å². The van der Waals surface area contributed by atoms with Gasteiger partial charge in [0.05, 0.1) is 6.61 Å². The van der Waals surface area contributed by atoms with E-state index in [9.17, 15) is 0 Å². The molecule has 104 valence electrons. The molecule has 0 radical (unpaired) electrons. The zero-order valence-electron chi connectivity index (χ0n) is 11.6. The van der Waals surface area contributed by atoms with E-state index >= 15 is 0 Å². The fraction of sp³-hybridized carbons (Fsp3) is 0.333. The van der Waals surface area contributed by atoms with Crippen molar-refractivity contribution in [2.75, 3.05) is 0 Å². The van der Waals surface area contributed by atoms with E-state index in [1.165, 1.54) is 24.0 Å². The Morgan fingerprint density at radius 2 is 1.55 bits per heavy atom. The van der Waals surface area contributed by atoms with Crippen molar-refractivity contribution >= 4 is 0 Å². The Morgan fingerprint density at radius 1 is 0.900 bits per heavy atom. The average Bonchev–Trinajstić information content (AvgIpc) is 2.47. The van der Waals surface area contributed by atoms with E-state index in [-0.39, 0.29) is 6.61 Å². The van der Waals surface area contributed by atoms with Crippen LogP contribution in [-0.4, -0.2) is 11.1 Å². The van der Waals surface area contributed by atoms with E-state index in [1.807, 2.05) is 12.1 Å². The molecule has 0 heterocycles. The van der Waals surface area contributed by atoms with Gasteiger partial charge in [-0.3, -0.25) is 0 Å². The Kier molecular flexibility index (Phi) is 4.14. The molecule has 2 aromatic carbocycles. The fourth-order valence-corrected chi connectivity index (χ4v) is 2.81. The molecular weight excluding hydrogens is 246 g/mol. The van der Waals surface area contributed by atoms with Gasteiger partial charge >= 0.3 is 0 Å². The number of rotatable bonds is 5. The molecule has 0 spiro atoms. The highest BCUT2D eigenvalue weighted by molar-refractivity contribution is 5.24. The largest absolute Gasteiger partial charge is 0.392 e. The van der Waals surface area contributed by atoms with E-state index in [4.69, 9.17) is 5.11 Å². The van der Waals surface area contributed by atoms with Gasteiger partial charge in [0.15, 0.2) is 0 Å². The first-order valence-corrected chi connectivity index (χ1v) is 7.32. The Labute approximate surface area is 120 Å². The Balaban J connectivity index is 1.45. The van der Waals surface area contributed by atoms with E-state index in [0.717, 1.165) is 18.0 Å². The second-order valence-corrected chi connectivity index (χ2v) is 5.63. The SMILES string of the molecule is OCc1ccc(CNC2CC(c3ccccc3)C2)cc1. The average molecular weight is 267 g/mol. The van der Waals surface area contributed by atoms with Crippen molar-refractivity contribution in [3.8, 4) is 0 Å². The Morgan fingerprint density at radius 3 is 2.20 bits per heavy atom. The van der Waals surface area contributed by atoms with Gasteiger partial charge < -0.3 is 10.4 Å². The number of aliphatic hydroxyl groups is 1. The number of aliphatic hydroxyl groups excluding tert-OH is 1. The summed E-state index contributed by atoms with van der Waals surface area (Å²) in [6, 6.07) is 19.6. The minimum Gasteiger partial charge on any atom is -0.392 e. The zero-order valence-corrected chi connectivity index (χ0v) is 11.6. The van der Waals surface area contributed by atoms with Crippen LogP contribution in [0.4, 0.5) is 0 Å². The van der Waals surface area contributed by atoms with Gasteiger partial charge in [-0.15, -0.1) is 0 Å². The molecule has 2 nitrogen and oxygen atoms in total. The van der Waals surface area contributed by atoms with Crippen molar-refractivity contribution in [2.24, 2.45) is 0 Å². The van der Waals surface area contributed by atoms with Crippen molar-refractivity contribution in [1.82, 2.24) is 5.32 Å². The molecular formula is C18H21NO. The van der Waals surface area contributed by atoms with Gasteiger partial charge in [0.1, 0.15) is 0 Å². The molecule has 0 bridgehead atoms. The van der Waals surface area contributed by atoms with Crippen LogP contribution in [0, 0.1) is 0 Å². The van der Waals surface area contributed by atoms with E-state index < -0.39 is 0 Å². The summed E-state index contributed by atoms with van der Waals surface area (Å²) >= 11 is 0. The minimum atomic E-state index is 0.120. The van der Waals surface area contributed by atoms with Crippen LogP contribution in [0.5, 0.6) is 0 Å². The molecule has 3 rings (SSSR count). The molecule has 0 unspecified atom stereocenters. The first-order chi connectivity index (χ1) is 9.85. The van der Waals surface area contributed by atoms with Gasteiger partial charge in [-0.25, -0.2) is 0 Å². The van der Waals surface area contributed by atoms with E-state index in [0.29, 0.717) is 6.04 Å². The van der Waals surface area contributed by atoms with Crippen LogP contribution in [0.25, 0.3) is 0 Å². The summed E-state index contributed by atoms with van der Waals surface area (Å²) < 4.78 is 0.